The number of carbonyl (C=O) groups is 3. The zero-order valence-electron chi connectivity index (χ0n) is 28.6. The van der Waals surface area contributed by atoms with Gasteiger partial charge in [0.25, 0.3) is 0 Å². The first-order valence-corrected chi connectivity index (χ1v) is 17.2. The highest BCUT2D eigenvalue weighted by molar-refractivity contribution is 5.95. The van der Waals surface area contributed by atoms with Gasteiger partial charge in [-0.25, -0.2) is 0 Å². The van der Waals surface area contributed by atoms with E-state index in [1.54, 1.807) is 14.1 Å². The Kier molecular flexibility index (Phi) is 12.2. The minimum atomic E-state index is -0.837. The van der Waals surface area contributed by atoms with Crippen molar-refractivity contribution in [3.05, 3.63) is 144 Å². The summed E-state index contributed by atoms with van der Waals surface area (Å²) in [5, 5.41) is 3.07. The topological polar surface area (TPSA) is 95.7 Å². The fraction of sp³-hybridized carbons (Fsp3) is 0.310. The van der Waals surface area contributed by atoms with E-state index >= 15 is 0 Å². The number of rotatable bonds is 15. The lowest BCUT2D eigenvalue weighted by Gasteiger charge is -2.37. The van der Waals surface area contributed by atoms with Crippen molar-refractivity contribution in [3.8, 4) is 11.1 Å². The van der Waals surface area contributed by atoms with Crippen LogP contribution in [0.3, 0.4) is 0 Å². The van der Waals surface area contributed by atoms with Gasteiger partial charge in [-0.05, 0) is 66.0 Å². The number of nitrogens with zero attached hydrogens (tertiary/aromatic N) is 2. The summed E-state index contributed by atoms with van der Waals surface area (Å²) in [6.07, 6.45) is 8.29. The van der Waals surface area contributed by atoms with Crippen molar-refractivity contribution in [2.75, 3.05) is 20.6 Å². The zero-order valence-corrected chi connectivity index (χ0v) is 28.6. The molecule has 3 N–H and O–H groups in total. The van der Waals surface area contributed by atoms with Crippen molar-refractivity contribution < 1.29 is 14.4 Å². The summed E-state index contributed by atoms with van der Waals surface area (Å²) in [7, 11) is 3.33. The van der Waals surface area contributed by atoms with Crippen molar-refractivity contribution in [2.24, 2.45) is 5.73 Å². The Hall–Kier alpha value is -5.01. The molecule has 0 radical (unpaired) electrons. The largest absolute Gasteiger partial charge is 0.354 e. The summed E-state index contributed by atoms with van der Waals surface area (Å²) in [6, 6.07) is 36.3. The minimum Gasteiger partial charge on any atom is -0.354 e. The van der Waals surface area contributed by atoms with Crippen LogP contribution in [0.5, 0.6) is 0 Å². The molecule has 4 aromatic rings. The third-order valence-electron chi connectivity index (χ3n) is 9.67. The van der Waals surface area contributed by atoms with Crippen molar-refractivity contribution in [1.29, 1.82) is 0 Å². The third kappa shape index (κ3) is 9.77. The number of likely N-dealkylation sites (N-methyl/N-ethyl adjacent to an activating group) is 2. The number of benzene rings is 4. The quantitative estimate of drug-likeness (QED) is 0.154. The van der Waals surface area contributed by atoms with E-state index in [4.69, 9.17) is 5.73 Å². The van der Waals surface area contributed by atoms with Crippen LogP contribution < -0.4 is 11.1 Å². The molecule has 0 heterocycles. The lowest BCUT2D eigenvalue weighted by Crippen LogP contribution is -2.56. The second-order valence-electron chi connectivity index (χ2n) is 13.2. The van der Waals surface area contributed by atoms with E-state index in [-0.39, 0.29) is 23.3 Å². The first kappa shape index (κ1) is 35.3. The van der Waals surface area contributed by atoms with E-state index in [1.165, 1.54) is 15.9 Å². The molecule has 0 spiro atoms. The maximum Gasteiger partial charge on any atom is 0.246 e. The van der Waals surface area contributed by atoms with Crippen molar-refractivity contribution in [1.82, 2.24) is 15.1 Å². The minimum absolute atomic E-state index is 0.232. The predicted octanol–water partition coefficient (Wildman–Crippen LogP) is 5.98. The molecule has 49 heavy (non-hydrogen) atoms. The molecule has 2 atom stereocenters. The summed E-state index contributed by atoms with van der Waals surface area (Å²) >= 11 is 0. The summed E-state index contributed by atoms with van der Waals surface area (Å²) < 4.78 is 0. The second kappa shape index (κ2) is 16.9. The third-order valence-corrected chi connectivity index (χ3v) is 9.67. The Morgan fingerprint density at radius 3 is 1.84 bits per heavy atom. The van der Waals surface area contributed by atoms with E-state index < -0.39 is 12.1 Å². The average molecular weight is 657 g/mol. The number of carbonyl (C=O) groups excluding carboxylic acids is 3. The van der Waals surface area contributed by atoms with Crippen LogP contribution in [0.2, 0.25) is 0 Å². The smallest absolute Gasteiger partial charge is 0.246 e. The fourth-order valence-corrected chi connectivity index (χ4v) is 6.30. The fourth-order valence-electron chi connectivity index (χ4n) is 6.30. The molecule has 0 unspecified atom stereocenters. The Morgan fingerprint density at radius 1 is 0.714 bits per heavy atom. The summed E-state index contributed by atoms with van der Waals surface area (Å²) in [4.78, 5) is 44.9. The maximum absolute atomic E-state index is 14.5. The van der Waals surface area contributed by atoms with Crippen molar-refractivity contribution >= 4 is 17.7 Å². The highest BCUT2D eigenvalue weighted by Gasteiger charge is 2.35. The Labute approximate surface area is 290 Å². The molecule has 254 valence electrons. The van der Waals surface area contributed by atoms with E-state index in [9.17, 15) is 14.4 Å². The van der Waals surface area contributed by atoms with Crippen LogP contribution in [-0.4, -0.2) is 65.8 Å². The SMILES string of the molecule is CN(C(=O)/C=C/CC1(N)CCC1)[C@H](Cc1ccc(-c2ccccc2)cc1)C(=O)N(C)[C@H](Cc1ccccc1)C(=O)NCCc1ccccc1. The molecule has 1 aliphatic rings. The van der Waals surface area contributed by atoms with Gasteiger partial charge >= 0.3 is 0 Å². The Bertz CT molecular complexity index is 1690. The highest BCUT2D eigenvalue weighted by Crippen LogP contribution is 2.32. The van der Waals surface area contributed by atoms with Gasteiger partial charge in [0.1, 0.15) is 12.1 Å². The summed E-state index contributed by atoms with van der Waals surface area (Å²) in [6.45, 7) is 0.444. The molecule has 7 nitrogen and oxygen atoms in total. The first-order chi connectivity index (χ1) is 23.7. The molecule has 0 saturated heterocycles. The molecule has 1 saturated carbocycles. The van der Waals surface area contributed by atoms with Crippen molar-refractivity contribution in [2.45, 2.75) is 62.6 Å². The van der Waals surface area contributed by atoms with Gasteiger partial charge in [-0.2, -0.15) is 0 Å². The van der Waals surface area contributed by atoms with Crippen LogP contribution in [0, 0.1) is 0 Å². The van der Waals surface area contributed by atoms with Crippen LogP contribution in [0.15, 0.2) is 127 Å². The van der Waals surface area contributed by atoms with Gasteiger partial charge in [0.2, 0.25) is 17.7 Å². The van der Waals surface area contributed by atoms with E-state index in [0.717, 1.165) is 47.1 Å². The molecule has 1 aliphatic carbocycles. The standard InChI is InChI=1S/C42H48N4O3/c1-45(39(47)20-12-26-42(43)27-13-28-42)38(31-34-21-23-36(24-22-34)35-18-10-5-11-19-35)41(49)46(2)37(30-33-16-8-4-9-17-33)40(48)44-29-25-32-14-6-3-7-15-32/h3-12,14-24,37-38H,13,25-31,43H2,1-2H3,(H,44,48)/b20-12+/t37-,38-/m1/s1. The number of nitrogens with two attached hydrogens (primary N) is 1. The van der Waals surface area contributed by atoms with Gasteiger partial charge < -0.3 is 20.9 Å². The molecule has 0 bridgehead atoms. The molecular weight excluding hydrogens is 608 g/mol. The van der Waals surface area contributed by atoms with E-state index in [1.807, 2.05) is 109 Å². The predicted molar refractivity (Wildman–Crippen MR) is 197 cm³/mol. The molecule has 0 aliphatic heterocycles. The monoisotopic (exact) mass is 656 g/mol. The Balaban J connectivity index is 1.37. The molecule has 5 rings (SSSR count). The maximum atomic E-state index is 14.5. The Morgan fingerprint density at radius 2 is 1.24 bits per heavy atom. The van der Waals surface area contributed by atoms with E-state index in [2.05, 4.69) is 17.4 Å². The highest BCUT2D eigenvalue weighted by atomic mass is 16.2. The van der Waals surface area contributed by atoms with Gasteiger partial charge in [0.05, 0.1) is 0 Å². The van der Waals surface area contributed by atoms with E-state index in [0.29, 0.717) is 32.2 Å². The molecule has 0 aromatic heterocycles. The van der Waals surface area contributed by atoms with Crippen molar-refractivity contribution in [3.63, 3.8) is 0 Å². The lowest BCUT2D eigenvalue weighted by molar-refractivity contribution is -0.146. The van der Waals surface area contributed by atoms with Gasteiger partial charge in [0, 0.05) is 39.0 Å². The first-order valence-electron chi connectivity index (χ1n) is 17.2. The summed E-state index contributed by atoms with van der Waals surface area (Å²) in [5.41, 5.74) is 11.3. The second-order valence-corrected chi connectivity index (χ2v) is 13.2. The zero-order chi connectivity index (χ0) is 34.6. The number of nitrogens with one attached hydrogen (secondary N) is 1. The van der Waals surface area contributed by atoms with Crippen LogP contribution in [-0.2, 0) is 33.6 Å². The average Bonchev–Trinajstić information content (AvgIpc) is 3.12. The van der Waals surface area contributed by atoms with Crippen LogP contribution >= 0.6 is 0 Å². The summed E-state index contributed by atoms with van der Waals surface area (Å²) in [5.74, 6) is -0.809. The molecule has 3 amide bonds. The number of hydrogen-bond donors (Lipinski definition) is 2. The van der Waals surface area contributed by atoms with Gasteiger partial charge in [0.15, 0.2) is 0 Å². The van der Waals surface area contributed by atoms with Crippen LogP contribution in [0.1, 0.15) is 42.4 Å². The van der Waals surface area contributed by atoms with Gasteiger partial charge in [-0.3, -0.25) is 14.4 Å². The molecule has 4 aromatic carbocycles. The normalized spacial score (nSPS) is 14.8. The number of amides is 3. The number of hydrogen-bond acceptors (Lipinski definition) is 4. The molecule has 1 fully saturated rings. The lowest BCUT2D eigenvalue weighted by atomic mass is 9.75. The molecular formula is C42H48N4O3. The van der Waals surface area contributed by atoms with Crippen LogP contribution in [0.25, 0.3) is 11.1 Å². The van der Waals surface area contributed by atoms with Gasteiger partial charge in [-0.15, -0.1) is 0 Å². The van der Waals surface area contributed by atoms with Gasteiger partial charge in [-0.1, -0.05) is 121 Å². The van der Waals surface area contributed by atoms with Crippen LogP contribution in [0.4, 0.5) is 0 Å². The molecule has 7 heteroatoms.